The Balaban J connectivity index is 3.40. The molecule has 0 unspecified atom stereocenters. The van der Waals surface area contributed by atoms with Gasteiger partial charge in [-0.15, -0.1) is 0 Å². The zero-order valence-corrected chi connectivity index (χ0v) is 8.75. The van der Waals surface area contributed by atoms with Crippen LogP contribution in [0.1, 0.15) is 19.8 Å². The monoisotopic (exact) mass is 202 g/mol. The first-order valence-electron chi connectivity index (χ1n) is 4.73. The molecule has 0 atom stereocenters. The van der Waals surface area contributed by atoms with Gasteiger partial charge >= 0.3 is 5.97 Å². The number of carbonyl (C=O) groups is 2. The second kappa shape index (κ2) is 7.32. The summed E-state index contributed by atoms with van der Waals surface area (Å²) in [6.45, 7) is 4.33. The van der Waals surface area contributed by atoms with Crippen molar-refractivity contribution in [3.8, 4) is 0 Å². The molecule has 0 aliphatic heterocycles. The normalized spacial score (nSPS) is 10.2. The van der Waals surface area contributed by atoms with Crippen LogP contribution in [0.5, 0.6) is 0 Å². The molecule has 0 saturated heterocycles. The molecule has 0 spiro atoms. The molecule has 0 rings (SSSR count). The summed E-state index contributed by atoms with van der Waals surface area (Å²) in [5.41, 5.74) is 0. The van der Waals surface area contributed by atoms with Gasteiger partial charge in [0.1, 0.15) is 0 Å². The third-order valence-electron chi connectivity index (χ3n) is 1.92. The number of hydrogen-bond donors (Lipinski definition) is 2. The van der Waals surface area contributed by atoms with Crippen molar-refractivity contribution in [2.75, 3.05) is 26.7 Å². The lowest BCUT2D eigenvalue weighted by Gasteiger charge is -2.13. The standard InChI is InChI=1S/C9H18N2O3/c1-3-11(2)7-6-10-8(12)4-5-9(13)14/h3-7H2,1-2H3,(H,10,12)(H,13,14). The zero-order valence-electron chi connectivity index (χ0n) is 8.75. The fraction of sp³-hybridized carbons (Fsp3) is 0.778. The average Bonchev–Trinajstić information content (AvgIpc) is 2.14. The summed E-state index contributed by atoms with van der Waals surface area (Å²) in [5.74, 6) is -1.14. The van der Waals surface area contributed by atoms with E-state index in [0.717, 1.165) is 13.1 Å². The molecule has 5 heteroatoms. The lowest BCUT2D eigenvalue weighted by molar-refractivity contribution is -0.138. The van der Waals surface area contributed by atoms with E-state index in [1.54, 1.807) is 0 Å². The maximum absolute atomic E-state index is 11.0. The molecule has 5 nitrogen and oxygen atoms in total. The number of nitrogens with one attached hydrogen (secondary N) is 1. The van der Waals surface area contributed by atoms with Gasteiger partial charge in [-0.3, -0.25) is 9.59 Å². The van der Waals surface area contributed by atoms with Gasteiger partial charge in [0.05, 0.1) is 6.42 Å². The predicted octanol–water partition coefficient (Wildman–Crippen LogP) is -0.0809. The molecule has 0 fully saturated rings. The molecule has 1 amide bonds. The van der Waals surface area contributed by atoms with E-state index in [2.05, 4.69) is 10.2 Å². The summed E-state index contributed by atoms with van der Waals surface area (Å²) < 4.78 is 0. The predicted molar refractivity (Wildman–Crippen MR) is 53.1 cm³/mol. The Morgan fingerprint density at radius 1 is 1.36 bits per heavy atom. The molecular weight excluding hydrogens is 184 g/mol. The summed E-state index contributed by atoms with van der Waals surface area (Å²) in [6, 6.07) is 0. The number of carboxylic acids is 1. The minimum absolute atomic E-state index is 0.0607. The van der Waals surface area contributed by atoms with Crippen LogP contribution in [0.2, 0.25) is 0 Å². The second-order valence-electron chi connectivity index (χ2n) is 3.14. The van der Waals surface area contributed by atoms with Crippen LogP contribution in [-0.4, -0.2) is 48.6 Å². The maximum Gasteiger partial charge on any atom is 0.303 e. The van der Waals surface area contributed by atoms with Crippen LogP contribution in [0.15, 0.2) is 0 Å². The molecule has 0 aromatic carbocycles. The summed E-state index contributed by atoms with van der Waals surface area (Å²) in [6.07, 6.45) is -0.0410. The van der Waals surface area contributed by atoms with Crippen LogP contribution in [-0.2, 0) is 9.59 Å². The Bertz CT molecular complexity index is 194. The van der Waals surface area contributed by atoms with Crippen LogP contribution in [0.3, 0.4) is 0 Å². The third kappa shape index (κ3) is 7.54. The van der Waals surface area contributed by atoms with Crippen LogP contribution in [0.25, 0.3) is 0 Å². The molecule has 0 saturated carbocycles. The van der Waals surface area contributed by atoms with Crippen LogP contribution < -0.4 is 5.32 Å². The first kappa shape index (κ1) is 12.9. The molecule has 0 heterocycles. The van der Waals surface area contributed by atoms with E-state index in [-0.39, 0.29) is 18.7 Å². The van der Waals surface area contributed by atoms with Crippen molar-refractivity contribution in [1.29, 1.82) is 0 Å². The largest absolute Gasteiger partial charge is 0.481 e. The minimum atomic E-state index is -0.939. The first-order valence-corrected chi connectivity index (χ1v) is 4.73. The van der Waals surface area contributed by atoms with E-state index in [9.17, 15) is 9.59 Å². The molecule has 0 aromatic rings. The fourth-order valence-corrected chi connectivity index (χ4v) is 0.853. The molecule has 0 aliphatic rings. The Kier molecular flexibility index (Phi) is 6.74. The van der Waals surface area contributed by atoms with Crippen LogP contribution >= 0.6 is 0 Å². The third-order valence-corrected chi connectivity index (χ3v) is 1.92. The van der Waals surface area contributed by atoms with Crippen molar-refractivity contribution >= 4 is 11.9 Å². The topological polar surface area (TPSA) is 69.6 Å². The van der Waals surface area contributed by atoms with Crippen molar-refractivity contribution in [2.45, 2.75) is 19.8 Å². The summed E-state index contributed by atoms with van der Waals surface area (Å²) in [5, 5.41) is 11.0. The Morgan fingerprint density at radius 3 is 2.50 bits per heavy atom. The fourth-order valence-electron chi connectivity index (χ4n) is 0.853. The molecule has 0 radical (unpaired) electrons. The number of aliphatic carboxylic acids is 1. The van der Waals surface area contributed by atoms with Crippen LogP contribution in [0.4, 0.5) is 0 Å². The Labute approximate surface area is 84.1 Å². The quantitative estimate of drug-likeness (QED) is 0.606. The van der Waals surface area contributed by atoms with E-state index < -0.39 is 5.97 Å². The van der Waals surface area contributed by atoms with Gasteiger partial charge in [-0.25, -0.2) is 0 Å². The molecule has 0 aliphatic carbocycles. The van der Waals surface area contributed by atoms with E-state index >= 15 is 0 Å². The summed E-state index contributed by atoms with van der Waals surface area (Å²) in [4.78, 5) is 23.2. The number of carbonyl (C=O) groups excluding carboxylic acids is 1. The van der Waals surface area contributed by atoms with Gasteiger partial charge in [-0.1, -0.05) is 6.92 Å². The first-order chi connectivity index (χ1) is 6.56. The summed E-state index contributed by atoms with van der Waals surface area (Å²) in [7, 11) is 1.96. The number of amides is 1. The number of likely N-dealkylation sites (N-methyl/N-ethyl adjacent to an activating group) is 1. The van der Waals surface area contributed by atoms with E-state index in [1.807, 2.05) is 14.0 Å². The molecular formula is C9H18N2O3. The zero-order chi connectivity index (χ0) is 11.0. The maximum atomic E-state index is 11.0. The second-order valence-corrected chi connectivity index (χ2v) is 3.14. The van der Waals surface area contributed by atoms with Gasteiger partial charge in [0.15, 0.2) is 0 Å². The highest BCUT2D eigenvalue weighted by Gasteiger charge is 2.04. The average molecular weight is 202 g/mol. The Hall–Kier alpha value is -1.10. The van der Waals surface area contributed by atoms with Gasteiger partial charge in [-0.2, -0.15) is 0 Å². The number of nitrogens with zero attached hydrogens (tertiary/aromatic N) is 1. The van der Waals surface area contributed by atoms with Crippen molar-refractivity contribution in [2.24, 2.45) is 0 Å². The van der Waals surface area contributed by atoms with Gasteiger partial charge in [0.2, 0.25) is 5.91 Å². The van der Waals surface area contributed by atoms with Gasteiger partial charge in [-0.05, 0) is 13.6 Å². The number of hydrogen-bond acceptors (Lipinski definition) is 3. The molecule has 0 bridgehead atoms. The van der Waals surface area contributed by atoms with Crippen molar-refractivity contribution in [1.82, 2.24) is 10.2 Å². The number of rotatable bonds is 7. The van der Waals surface area contributed by atoms with E-state index in [0.29, 0.717) is 6.54 Å². The van der Waals surface area contributed by atoms with E-state index in [4.69, 9.17) is 5.11 Å². The lowest BCUT2D eigenvalue weighted by Crippen LogP contribution is -2.32. The van der Waals surface area contributed by atoms with Crippen molar-refractivity contribution in [3.63, 3.8) is 0 Å². The highest BCUT2D eigenvalue weighted by atomic mass is 16.4. The van der Waals surface area contributed by atoms with Crippen LogP contribution in [0, 0.1) is 0 Å². The Morgan fingerprint density at radius 2 is 2.00 bits per heavy atom. The van der Waals surface area contributed by atoms with Gasteiger partial charge in [0.25, 0.3) is 0 Å². The number of carboxylic acid groups (broad SMARTS) is 1. The smallest absolute Gasteiger partial charge is 0.303 e. The minimum Gasteiger partial charge on any atom is -0.481 e. The highest BCUT2D eigenvalue weighted by Crippen LogP contribution is 1.88. The van der Waals surface area contributed by atoms with Gasteiger partial charge in [0, 0.05) is 19.5 Å². The van der Waals surface area contributed by atoms with Crippen molar-refractivity contribution in [3.05, 3.63) is 0 Å². The summed E-state index contributed by atoms with van der Waals surface area (Å²) >= 11 is 0. The molecule has 14 heavy (non-hydrogen) atoms. The highest BCUT2D eigenvalue weighted by molar-refractivity contribution is 5.80. The van der Waals surface area contributed by atoms with E-state index in [1.165, 1.54) is 0 Å². The molecule has 82 valence electrons. The molecule has 2 N–H and O–H groups in total. The SMILES string of the molecule is CCN(C)CCNC(=O)CCC(=O)O. The van der Waals surface area contributed by atoms with Crippen molar-refractivity contribution < 1.29 is 14.7 Å². The van der Waals surface area contributed by atoms with Gasteiger partial charge < -0.3 is 15.3 Å². The lowest BCUT2D eigenvalue weighted by atomic mass is 10.3. The molecule has 0 aromatic heterocycles.